The molecule has 1 aromatic carbocycles. The molecule has 1 aliphatic rings. The van der Waals surface area contributed by atoms with Gasteiger partial charge < -0.3 is 19.7 Å². The third kappa shape index (κ3) is 5.85. The fourth-order valence-electron chi connectivity index (χ4n) is 2.56. The van der Waals surface area contributed by atoms with Gasteiger partial charge in [-0.2, -0.15) is 8.78 Å². The highest BCUT2D eigenvalue weighted by Gasteiger charge is 2.33. The lowest BCUT2D eigenvalue weighted by molar-refractivity contribution is -0.135. The van der Waals surface area contributed by atoms with Gasteiger partial charge in [0.05, 0.1) is 13.0 Å². The minimum Gasteiger partial charge on any atom is -0.493 e. The van der Waals surface area contributed by atoms with Crippen molar-refractivity contribution < 1.29 is 27.8 Å². The van der Waals surface area contributed by atoms with Gasteiger partial charge in [0.15, 0.2) is 11.5 Å². The zero-order chi connectivity index (χ0) is 20.7. The number of nitrogens with one attached hydrogen (secondary N) is 1. The number of methoxy groups -OCH3 is 1. The Kier molecular flexibility index (Phi) is 8.10. The highest BCUT2D eigenvalue weighted by atomic mass is 32.2. The second-order valence-corrected chi connectivity index (χ2v) is 7.26. The van der Waals surface area contributed by atoms with Crippen LogP contribution >= 0.6 is 11.8 Å². The number of carbonyl (C=O) groups excluding carboxylic acids is 2. The van der Waals surface area contributed by atoms with E-state index < -0.39 is 12.7 Å². The summed E-state index contributed by atoms with van der Waals surface area (Å²) in [7, 11) is 1.34. The van der Waals surface area contributed by atoms with E-state index in [9.17, 15) is 18.4 Å². The summed E-state index contributed by atoms with van der Waals surface area (Å²) in [5, 5.41) is 2.91. The zero-order valence-corrected chi connectivity index (χ0v) is 16.8. The Balaban J connectivity index is 2.06. The van der Waals surface area contributed by atoms with Crippen molar-refractivity contribution in [3.05, 3.63) is 29.8 Å². The van der Waals surface area contributed by atoms with Crippen molar-refractivity contribution in [2.75, 3.05) is 18.7 Å². The summed E-state index contributed by atoms with van der Waals surface area (Å²) in [6.07, 6.45) is 3.72. The Labute approximate surface area is 167 Å². The number of halogens is 2. The molecule has 1 aliphatic heterocycles. The van der Waals surface area contributed by atoms with Crippen LogP contribution < -0.4 is 14.8 Å². The first-order valence-corrected chi connectivity index (χ1v) is 10.0. The Morgan fingerprint density at radius 3 is 2.79 bits per heavy atom. The first kappa shape index (κ1) is 22.0. The highest BCUT2D eigenvalue weighted by Crippen LogP contribution is 2.30. The smallest absolute Gasteiger partial charge is 0.387 e. The third-order valence-electron chi connectivity index (χ3n) is 4.29. The van der Waals surface area contributed by atoms with Crippen molar-refractivity contribution in [2.24, 2.45) is 0 Å². The topological polar surface area (TPSA) is 67.9 Å². The summed E-state index contributed by atoms with van der Waals surface area (Å²) in [5.41, 5.74) is 0.583. The summed E-state index contributed by atoms with van der Waals surface area (Å²) >= 11 is 1.52. The summed E-state index contributed by atoms with van der Waals surface area (Å²) in [4.78, 5) is 26.4. The van der Waals surface area contributed by atoms with Gasteiger partial charge in [0.25, 0.3) is 0 Å². The SMILES string of the molecule is CCC(C)NC(=O)C1CSCN1C(=O)/C=C/c1ccc(OC(F)F)c(OC)c1. The summed E-state index contributed by atoms with van der Waals surface area (Å²) in [5.74, 6) is 0.593. The Bertz CT molecular complexity index is 730. The van der Waals surface area contributed by atoms with Crippen LogP contribution in [0.2, 0.25) is 0 Å². The normalized spacial score (nSPS) is 17.8. The van der Waals surface area contributed by atoms with Gasteiger partial charge in [0.2, 0.25) is 11.8 Å². The molecule has 1 N–H and O–H groups in total. The van der Waals surface area contributed by atoms with Crippen molar-refractivity contribution in [1.82, 2.24) is 10.2 Å². The standard InChI is InChI=1S/C19H24F2N2O4S/c1-4-12(2)22-18(25)14-10-28-11-23(14)17(24)8-6-13-5-7-15(27-19(20)21)16(9-13)26-3/h5-9,12,14,19H,4,10-11H2,1-3H3,(H,22,25)/b8-6+. The van der Waals surface area contributed by atoms with E-state index in [1.165, 1.54) is 48.0 Å². The molecule has 1 heterocycles. The lowest BCUT2D eigenvalue weighted by Crippen LogP contribution is -2.48. The predicted octanol–water partition coefficient (Wildman–Crippen LogP) is 3.13. The number of benzene rings is 1. The molecular formula is C19H24F2N2O4S. The molecule has 2 atom stereocenters. The number of rotatable bonds is 8. The number of ether oxygens (including phenoxy) is 2. The number of thioether (sulfide) groups is 1. The van der Waals surface area contributed by atoms with Gasteiger partial charge in [-0.3, -0.25) is 9.59 Å². The van der Waals surface area contributed by atoms with Crippen molar-refractivity contribution in [1.29, 1.82) is 0 Å². The first-order valence-electron chi connectivity index (χ1n) is 8.85. The van der Waals surface area contributed by atoms with Crippen LogP contribution in [0.4, 0.5) is 8.78 Å². The van der Waals surface area contributed by atoms with Gasteiger partial charge in [0, 0.05) is 17.9 Å². The quantitative estimate of drug-likeness (QED) is 0.662. The Hall–Kier alpha value is -2.29. The molecule has 2 unspecified atom stereocenters. The van der Waals surface area contributed by atoms with Crippen LogP contribution in [0, 0.1) is 0 Å². The van der Waals surface area contributed by atoms with Crippen LogP contribution in [0.3, 0.4) is 0 Å². The molecule has 1 saturated heterocycles. The highest BCUT2D eigenvalue weighted by molar-refractivity contribution is 7.99. The average Bonchev–Trinajstić information content (AvgIpc) is 3.16. The number of nitrogens with zero attached hydrogens (tertiary/aromatic N) is 1. The molecule has 9 heteroatoms. The minimum atomic E-state index is -2.96. The largest absolute Gasteiger partial charge is 0.493 e. The van der Waals surface area contributed by atoms with Crippen LogP contribution in [0.15, 0.2) is 24.3 Å². The minimum absolute atomic E-state index is 0.0482. The van der Waals surface area contributed by atoms with E-state index >= 15 is 0 Å². The fourth-order valence-corrected chi connectivity index (χ4v) is 3.73. The average molecular weight is 414 g/mol. The maximum atomic E-state index is 12.5. The van der Waals surface area contributed by atoms with Crippen LogP contribution in [0.5, 0.6) is 11.5 Å². The van der Waals surface area contributed by atoms with Crippen LogP contribution in [-0.4, -0.2) is 54.1 Å². The molecule has 6 nitrogen and oxygen atoms in total. The van der Waals surface area contributed by atoms with Gasteiger partial charge >= 0.3 is 6.61 Å². The molecule has 0 bridgehead atoms. The van der Waals surface area contributed by atoms with Gasteiger partial charge in [-0.15, -0.1) is 11.8 Å². The molecule has 2 rings (SSSR count). The summed E-state index contributed by atoms with van der Waals surface area (Å²) in [6, 6.07) is 3.92. The molecule has 0 spiro atoms. The molecule has 0 aromatic heterocycles. The second kappa shape index (κ2) is 10.3. The molecule has 28 heavy (non-hydrogen) atoms. The van der Waals surface area contributed by atoms with Crippen LogP contribution in [0.1, 0.15) is 25.8 Å². The lowest BCUT2D eigenvalue weighted by Gasteiger charge is -2.23. The van der Waals surface area contributed by atoms with Gasteiger partial charge in [0.1, 0.15) is 6.04 Å². The number of amides is 2. The summed E-state index contributed by atoms with van der Waals surface area (Å²) in [6.45, 7) is 0.940. The zero-order valence-electron chi connectivity index (χ0n) is 16.0. The molecule has 1 fully saturated rings. The molecule has 0 radical (unpaired) electrons. The Morgan fingerprint density at radius 1 is 1.39 bits per heavy atom. The van der Waals surface area contributed by atoms with E-state index in [0.29, 0.717) is 17.2 Å². The number of hydrogen-bond acceptors (Lipinski definition) is 5. The summed E-state index contributed by atoms with van der Waals surface area (Å²) < 4.78 is 34.2. The van der Waals surface area contributed by atoms with E-state index in [2.05, 4.69) is 10.1 Å². The maximum Gasteiger partial charge on any atom is 0.387 e. The number of carbonyl (C=O) groups is 2. The fraction of sp³-hybridized carbons (Fsp3) is 0.474. The lowest BCUT2D eigenvalue weighted by atomic mass is 10.1. The first-order chi connectivity index (χ1) is 13.3. The molecule has 154 valence electrons. The monoisotopic (exact) mass is 414 g/mol. The number of alkyl halides is 2. The molecular weight excluding hydrogens is 390 g/mol. The Morgan fingerprint density at radius 2 is 2.14 bits per heavy atom. The van der Waals surface area contributed by atoms with Crippen LogP contribution in [0.25, 0.3) is 6.08 Å². The van der Waals surface area contributed by atoms with E-state index in [0.717, 1.165) is 6.42 Å². The van der Waals surface area contributed by atoms with E-state index in [4.69, 9.17) is 4.74 Å². The molecule has 2 amide bonds. The predicted molar refractivity (Wildman–Crippen MR) is 105 cm³/mol. The van der Waals surface area contributed by atoms with E-state index in [1.54, 1.807) is 6.08 Å². The third-order valence-corrected chi connectivity index (χ3v) is 5.30. The van der Waals surface area contributed by atoms with Crippen molar-refractivity contribution in [2.45, 2.75) is 39.0 Å². The van der Waals surface area contributed by atoms with Crippen molar-refractivity contribution in [3.8, 4) is 11.5 Å². The van der Waals surface area contributed by atoms with E-state index in [1.807, 2.05) is 13.8 Å². The number of hydrogen-bond donors (Lipinski definition) is 1. The van der Waals surface area contributed by atoms with Crippen LogP contribution in [-0.2, 0) is 9.59 Å². The molecule has 0 saturated carbocycles. The van der Waals surface area contributed by atoms with Gasteiger partial charge in [-0.05, 0) is 37.1 Å². The van der Waals surface area contributed by atoms with Gasteiger partial charge in [-0.25, -0.2) is 0 Å². The maximum absolute atomic E-state index is 12.5. The van der Waals surface area contributed by atoms with E-state index in [-0.39, 0.29) is 29.4 Å². The molecule has 1 aromatic rings. The van der Waals surface area contributed by atoms with Crippen molar-refractivity contribution >= 4 is 29.7 Å². The van der Waals surface area contributed by atoms with Crippen molar-refractivity contribution in [3.63, 3.8) is 0 Å². The molecule has 0 aliphatic carbocycles. The van der Waals surface area contributed by atoms with Gasteiger partial charge in [-0.1, -0.05) is 13.0 Å². The second-order valence-electron chi connectivity index (χ2n) is 6.26.